The standard InChI is InChI=1S/C26H33N5O3/c1-4-26(2)14-19(24(33)31-26)12-20(15-27)30-23(32)16-29-25(34)22(28-3)13-18-10-7-9-17-8-5-6-11-21(17)18/h5-11,19-20,22,28H,4,12-14,16H2,1-3H3,(H,29,34)(H,30,32)(H,31,33). The van der Waals surface area contributed by atoms with Gasteiger partial charge in [-0.3, -0.25) is 14.4 Å². The number of nitriles is 1. The zero-order valence-electron chi connectivity index (χ0n) is 20.0. The molecule has 0 aliphatic carbocycles. The predicted octanol–water partition coefficient (Wildman–Crippen LogP) is 1.79. The summed E-state index contributed by atoms with van der Waals surface area (Å²) in [6.07, 6.45) is 2.15. The van der Waals surface area contributed by atoms with Crippen LogP contribution in [0.4, 0.5) is 0 Å². The maximum atomic E-state index is 12.7. The van der Waals surface area contributed by atoms with Crippen LogP contribution in [0.15, 0.2) is 42.5 Å². The third kappa shape index (κ3) is 6.12. The molecule has 1 saturated heterocycles. The summed E-state index contributed by atoms with van der Waals surface area (Å²) < 4.78 is 0. The second-order valence-electron chi connectivity index (χ2n) is 9.19. The van der Waals surface area contributed by atoms with Crippen LogP contribution < -0.4 is 21.3 Å². The molecule has 2 aromatic rings. The smallest absolute Gasteiger partial charge is 0.240 e. The van der Waals surface area contributed by atoms with Gasteiger partial charge in [0.1, 0.15) is 6.04 Å². The molecule has 1 fully saturated rings. The Hall–Kier alpha value is -3.44. The maximum absolute atomic E-state index is 12.7. The highest BCUT2D eigenvalue weighted by Gasteiger charge is 2.40. The molecule has 1 aliphatic rings. The van der Waals surface area contributed by atoms with Crippen LogP contribution in [0.2, 0.25) is 0 Å². The van der Waals surface area contributed by atoms with E-state index in [2.05, 4.69) is 27.3 Å². The first kappa shape index (κ1) is 25.2. The van der Waals surface area contributed by atoms with E-state index in [0.29, 0.717) is 12.8 Å². The zero-order chi connectivity index (χ0) is 24.7. The van der Waals surface area contributed by atoms with Gasteiger partial charge in [-0.25, -0.2) is 0 Å². The number of likely N-dealkylation sites (N-methyl/N-ethyl adjacent to an activating group) is 1. The van der Waals surface area contributed by atoms with Crippen molar-refractivity contribution in [2.75, 3.05) is 13.6 Å². The van der Waals surface area contributed by atoms with Gasteiger partial charge in [0.15, 0.2) is 0 Å². The van der Waals surface area contributed by atoms with Gasteiger partial charge < -0.3 is 21.3 Å². The second-order valence-corrected chi connectivity index (χ2v) is 9.19. The summed E-state index contributed by atoms with van der Waals surface area (Å²) >= 11 is 0. The highest BCUT2D eigenvalue weighted by atomic mass is 16.2. The van der Waals surface area contributed by atoms with Gasteiger partial charge in [0.25, 0.3) is 0 Å². The average Bonchev–Trinajstić information content (AvgIpc) is 3.13. The maximum Gasteiger partial charge on any atom is 0.240 e. The Balaban J connectivity index is 1.52. The molecule has 0 radical (unpaired) electrons. The van der Waals surface area contributed by atoms with Crippen molar-refractivity contribution in [2.45, 2.75) is 57.2 Å². The van der Waals surface area contributed by atoms with Crippen molar-refractivity contribution in [1.82, 2.24) is 21.3 Å². The lowest BCUT2D eigenvalue weighted by Crippen LogP contribution is -2.48. The number of nitrogens with one attached hydrogen (secondary N) is 4. The van der Waals surface area contributed by atoms with Gasteiger partial charge in [-0.05, 0) is 56.0 Å². The Bertz CT molecular complexity index is 1090. The molecule has 3 amide bonds. The van der Waals surface area contributed by atoms with Crippen molar-refractivity contribution in [3.63, 3.8) is 0 Å². The van der Waals surface area contributed by atoms with Crippen LogP contribution in [-0.4, -0.2) is 48.9 Å². The normalized spacial score (nSPS) is 21.4. The monoisotopic (exact) mass is 463 g/mol. The fraction of sp³-hybridized carbons (Fsp3) is 0.462. The van der Waals surface area contributed by atoms with E-state index in [1.165, 1.54) is 0 Å². The number of hydrogen-bond donors (Lipinski definition) is 4. The van der Waals surface area contributed by atoms with Crippen molar-refractivity contribution < 1.29 is 14.4 Å². The molecule has 3 rings (SSSR count). The van der Waals surface area contributed by atoms with Crippen LogP contribution in [0.5, 0.6) is 0 Å². The van der Waals surface area contributed by atoms with Gasteiger partial charge in [0.05, 0.1) is 18.7 Å². The van der Waals surface area contributed by atoms with E-state index in [0.717, 1.165) is 22.8 Å². The van der Waals surface area contributed by atoms with Crippen LogP contribution in [-0.2, 0) is 20.8 Å². The number of rotatable bonds is 10. The number of nitrogens with zero attached hydrogens (tertiary/aromatic N) is 1. The molecule has 34 heavy (non-hydrogen) atoms. The molecule has 1 aliphatic heterocycles. The van der Waals surface area contributed by atoms with Gasteiger partial charge >= 0.3 is 0 Å². The lowest BCUT2D eigenvalue weighted by atomic mass is 9.89. The third-order valence-electron chi connectivity index (χ3n) is 6.68. The molecule has 4 unspecified atom stereocenters. The van der Waals surface area contributed by atoms with Gasteiger partial charge in [0.2, 0.25) is 17.7 Å². The Morgan fingerprint density at radius 1 is 1.24 bits per heavy atom. The van der Waals surface area contributed by atoms with Crippen LogP contribution in [0.1, 0.15) is 38.7 Å². The van der Waals surface area contributed by atoms with E-state index < -0.39 is 18.0 Å². The Kier molecular flexibility index (Phi) is 8.24. The molecule has 0 spiro atoms. The molecule has 4 atom stereocenters. The summed E-state index contributed by atoms with van der Waals surface area (Å²) in [5, 5.41) is 22.9. The topological polar surface area (TPSA) is 123 Å². The minimum Gasteiger partial charge on any atom is -0.351 e. The van der Waals surface area contributed by atoms with Crippen LogP contribution in [0.3, 0.4) is 0 Å². The molecule has 8 nitrogen and oxygen atoms in total. The molecule has 0 aromatic heterocycles. The molecule has 0 saturated carbocycles. The summed E-state index contributed by atoms with van der Waals surface area (Å²) in [6, 6.07) is 14.7. The molecule has 2 aromatic carbocycles. The lowest BCUT2D eigenvalue weighted by molar-refractivity contribution is -0.127. The van der Waals surface area contributed by atoms with Crippen molar-refractivity contribution in [3.05, 3.63) is 48.0 Å². The van der Waals surface area contributed by atoms with Crippen molar-refractivity contribution in [2.24, 2.45) is 5.92 Å². The number of carbonyl (C=O) groups excluding carboxylic acids is 3. The first-order valence-corrected chi connectivity index (χ1v) is 11.7. The highest BCUT2D eigenvalue weighted by Crippen LogP contribution is 2.30. The largest absolute Gasteiger partial charge is 0.351 e. The quantitative estimate of drug-likeness (QED) is 0.428. The predicted molar refractivity (Wildman–Crippen MR) is 131 cm³/mol. The number of amides is 3. The Morgan fingerprint density at radius 2 is 1.97 bits per heavy atom. The Labute approximate surface area is 200 Å². The minimum atomic E-state index is -0.796. The summed E-state index contributed by atoms with van der Waals surface area (Å²) in [6.45, 7) is 3.75. The SMILES string of the molecule is CCC1(C)CC(CC(C#N)NC(=O)CNC(=O)C(Cc2cccc3ccccc23)NC)C(=O)N1. The number of benzene rings is 2. The fourth-order valence-electron chi connectivity index (χ4n) is 4.49. The summed E-state index contributed by atoms with van der Waals surface area (Å²) in [5.41, 5.74) is 0.766. The van der Waals surface area contributed by atoms with Gasteiger partial charge in [-0.1, -0.05) is 49.4 Å². The average molecular weight is 464 g/mol. The van der Waals surface area contributed by atoms with Crippen LogP contribution in [0.25, 0.3) is 10.8 Å². The lowest BCUT2D eigenvalue weighted by Gasteiger charge is -2.21. The second kappa shape index (κ2) is 11.1. The van der Waals surface area contributed by atoms with E-state index >= 15 is 0 Å². The first-order valence-electron chi connectivity index (χ1n) is 11.7. The molecule has 4 N–H and O–H groups in total. The number of fused-ring (bicyclic) bond motifs is 1. The molecule has 1 heterocycles. The van der Waals surface area contributed by atoms with Crippen LogP contribution >= 0.6 is 0 Å². The van der Waals surface area contributed by atoms with E-state index in [1.54, 1.807) is 7.05 Å². The third-order valence-corrected chi connectivity index (χ3v) is 6.68. The van der Waals surface area contributed by atoms with E-state index in [4.69, 9.17) is 0 Å². The Morgan fingerprint density at radius 3 is 2.65 bits per heavy atom. The fourth-order valence-corrected chi connectivity index (χ4v) is 4.49. The van der Waals surface area contributed by atoms with Crippen molar-refractivity contribution in [3.8, 4) is 6.07 Å². The van der Waals surface area contributed by atoms with Crippen LogP contribution in [0, 0.1) is 17.2 Å². The summed E-state index contributed by atoms with van der Waals surface area (Å²) in [7, 11) is 1.71. The summed E-state index contributed by atoms with van der Waals surface area (Å²) in [5.74, 6) is -1.17. The molecule has 8 heteroatoms. The number of hydrogen-bond acceptors (Lipinski definition) is 5. The molecule has 180 valence electrons. The van der Waals surface area contributed by atoms with E-state index in [9.17, 15) is 19.6 Å². The first-order chi connectivity index (χ1) is 16.3. The minimum absolute atomic E-state index is 0.0857. The van der Waals surface area contributed by atoms with Gasteiger partial charge in [0, 0.05) is 11.5 Å². The number of carbonyl (C=O) groups is 3. The molecule has 0 bridgehead atoms. The van der Waals surface area contributed by atoms with Gasteiger partial charge in [-0.15, -0.1) is 0 Å². The van der Waals surface area contributed by atoms with E-state index in [1.807, 2.05) is 56.3 Å². The molecular weight excluding hydrogens is 430 g/mol. The summed E-state index contributed by atoms with van der Waals surface area (Å²) in [4.78, 5) is 37.4. The van der Waals surface area contributed by atoms with E-state index in [-0.39, 0.29) is 36.2 Å². The highest BCUT2D eigenvalue weighted by molar-refractivity contribution is 5.90. The van der Waals surface area contributed by atoms with Crippen molar-refractivity contribution in [1.29, 1.82) is 5.26 Å². The molecular formula is C26H33N5O3. The van der Waals surface area contributed by atoms with Crippen molar-refractivity contribution >= 4 is 28.5 Å². The zero-order valence-corrected chi connectivity index (χ0v) is 20.0. The van der Waals surface area contributed by atoms with Gasteiger partial charge in [-0.2, -0.15) is 5.26 Å².